The summed E-state index contributed by atoms with van der Waals surface area (Å²) < 4.78 is 27.4. The third-order valence-corrected chi connectivity index (χ3v) is 5.44. The first-order valence-electron chi connectivity index (χ1n) is 7.29. The first kappa shape index (κ1) is 15.8. The number of anilines is 1. The largest absolute Gasteiger partial charge is 0.398 e. The molecule has 2 rings (SSSR count). The van der Waals surface area contributed by atoms with Crippen molar-refractivity contribution in [1.29, 1.82) is 0 Å². The fourth-order valence-electron chi connectivity index (χ4n) is 2.52. The lowest BCUT2D eigenvalue weighted by Crippen LogP contribution is -2.32. The maximum atomic E-state index is 12.9. The van der Waals surface area contributed by atoms with Crippen LogP contribution in [0.15, 0.2) is 41.3 Å². The lowest BCUT2D eigenvalue weighted by Gasteiger charge is -2.22. The van der Waals surface area contributed by atoms with Crippen molar-refractivity contribution in [2.45, 2.75) is 31.6 Å². The average molecular weight is 306 g/mol. The molecule has 0 heterocycles. The number of benzene rings is 2. The Bertz CT molecular complexity index is 720. The fraction of sp³-hybridized carbons (Fsp3) is 0.375. The van der Waals surface area contributed by atoms with Crippen LogP contribution in [-0.4, -0.2) is 25.8 Å². The first-order valence-corrected chi connectivity index (χ1v) is 8.73. The summed E-state index contributed by atoms with van der Waals surface area (Å²) in [6.07, 6.45) is 1.60. The van der Waals surface area contributed by atoms with Gasteiger partial charge in [0.2, 0.25) is 10.0 Å². The van der Waals surface area contributed by atoms with E-state index in [1.807, 2.05) is 26.0 Å². The van der Waals surface area contributed by atoms with Gasteiger partial charge in [0.25, 0.3) is 0 Å². The number of rotatable bonds is 6. The second-order valence-corrected chi connectivity index (χ2v) is 7.01. The zero-order valence-electron chi connectivity index (χ0n) is 12.5. The van der Waals surface area contributed by atoms with E-state index < -0.39 is 10.0 Å². The van der Waals surface area contributed by atoms with E-state index in [4.69, 9.17) is 5.73 Å². The highest BCUT2D eigenvalue weighted by molar-refractivity contribution is 7.89. The summed E-state index contributed by atoms with van der Waals surface area (Å²) in [5.74, 6) is 0. The number of nitrogens with zero attached hydrogens (tertiary/aromatic N) is 1. The Morgan fingerprint density at radius 3 is 2.14 bits per heavy atom. The normalized spacial score (nSPS) is 12.1. The number of fused-ring (bicyclic) bond motifs is 1. The summed E-state index contributed by atoms with van der Waals surface area (Å²) in [5.41, 5.74) is 6.55. The van der Waals surface area contributed by atoms with Gasteiger partial charge >= 0.3 is 0 Å². The molecule has 0 bridgehead atoms. The third kappa shape index (κ3) is 3.04. The van der Waals surface area contributed by atoms with Gasteiger partial charge in [0.05, 0.1) is 4.90 Å². The number of nitrogens with two attached hydrogens (primary N) is 1. The lowest BCUT2D eigenvalue weighted by molar-refractivity contribution is 0.410. The molecule has 0 fully saturated rings. The van der Waals surface area contributed by atoms with Crippen molar-refractivity contribution >= 4 is 26.5 Å². The van der Waals surface area contributed by atoms with Gasteiger partial charge in [-0.05, 0) is 25.0 Å². The summed E-state index contributed by atoms with van der Waals surface area (Å²) >= 11 is 0. The van der Waals surface area contributed by atoms with E-state index in [2.05, 4.69) is 0 Å². The van der Waals surface area contributed by atoms with Gasteiger partial charge in [0.15, 0.2) is 0 Å². The van der Waals surface area contributed by atoms with Crippen molar-refractivity contribution in [3.8, 4) is 0 Å². The molecule has 0 saturated carbocycles. The van der Waals surface area contributed by atoms with Crippen LogP contribution < -0.4 is 5.73 Å². The maximum absolute atomic E-state index is 12.9. The van der Waals surface area contributed by atoms with Crippen molar-refractivity contribution in [1.82, 2.24) is 4.31 Å². The summed E-state index contributed by atoms with van der Waals surface area (Å²) in [6.45, 7) is 5.04. The van der Waals surface area contributed by atoms with Gasteiger partial charge in [0, 0.05) is 29.5 Å². The topological polar surface area (TPSA) is 63.4 Å². The van der Waals surface area contributed by atoms with Gasteiger partial charge in [-0.15, -0.1) is 0 Å². The van der Waals surface area contributed by atoms with E-state index >= 15 is 0 Å². The molecule has 114 valence electrons. The Morgan fingerprint density at radius 2 is 1.52 bits per heavy atom. The summed E-state index contributed by atoms with van der Waals surface area (Å²) in [6, 6.07) is 10.7. The molecule has 2 N–H and O–H groups in total. The standard InChI is InChI=1S/C16H22N2O2S/c1-3-11-18(12-4-2)21(19,20)16-10-6-7-13-14(16)8-5-9-15(13)17/h5-10H,3-4,11-12,17H2,1-2H3. The molecule has 2 aromatic carbocycles. The molecule has 5 heteroatoms. The van der Waals surface area contributed by atoms with Crippen molar-refractivity contribution in [2.24, 2.45) is 0 Å². The van der Waals surface area contributed by atoms with Gasteiger partial charge < -0.3 is 5.73 Å². The molecule has 0 radical (unpaired) electrons. The van der Waals surface area contributed by atoms with E-state index in [0.29, 0.717) is 29.1 Å². The molecule has 0 aliphatic rings. The summed E-state index contributed by atoms with van der Waals surface area (Å²) in [5, 5.41) is 1.47. The molecule has 0 unspecified atom stereocenters. The molecular weight excluding hydrogens is 284 g/mol. The molecule has 0 aliphatic carbocycles. The fourth-order valence-corrected chi connectivity index (χ4v) is 4.35. The number of hydrogen-bond donors (Lipinski definition) is 1. The second kappa shape index (κ2) is 6.45. The molecule has 0 spiro atoms. The molecule has 0 amide bonds. The Labute approximate surface area is 126 Å². The van der Waals surface area contributed by atoms with Crippen LogP contribution in [0.25, 0.3) is 10.8 Å². The van der Waals surface area contributed by atoms with Crippen molar-refractivity contribution in [2.75, 3.05) is 18.8 Å². The molecule has 0 atom stereocenters. The van der Waals surface area contributed by atoms with Crippen LogP contribution in [0.5, 0.6) is 0 Å². The van der Waals surface area contributed by atoms with Gasteiger partial charge in [-0.1, -0.05) is 38.1 Å². The van der Waals surface area contributed by atoms with Gasteiger partial charge in [-0.2, -0.15) is 4.31 Å². The zero-order chi connectivity index (χ0) is 15.5. The summed E-state index contributed by atoms with van der Waals surface area (Å²) in [4.78, 5) is 0.342. The quantitative estimate of drug-likeness (QED) is 0.833. The van der Waals surface area contributed by atoms with Crippen molar-refractivity contribution in [3.63, 3.8) is 0 Å². The van der Waals surface area contributed by atoms with Crippen LogP contribution in [0.1, 0.15) is 26.7 Å². The van der Waals surface area contributed by atoms with Crippen LogP contribution in [-0.2, 0) is 10.0 Å². The van der Waals surface area contributed by atoms with E-state index in [1.165, 1.54) is 0 Å². The van der Waals surface area contributed by atoms with Gasteiger partial charge in [0.1, 0.15) is 0 Å². The van der Waals surface area contributed by atoms with E-state index in [9.17, 15) is 8.42 Å². The third-order valence-electron chi connectivity index (χ3n) is 3.48. The predicted octanol–water partition coefficient (Wildman–Crippen LogP) is 3.23. The predicted molar refractivity (Wildman–Crippen MR) is 87.7 cm³/mol. The maximum Gasteiger partial charge on any atom is 0.243 e. The zero-order valence-corrected chi connectivity index (χ0v) is 13.4. The highest BCUT2D eigenvalue weighted by atomic mass is 32.2. The Kier molecular flexibility index (Phi) is 4.85. The molecule has 0 aliphatic heterocycles. The smallest absolute Gasteiger partial charge is 0.243 e. The molecule has 0 aromatic heterocycles. The highest BCUT2D eigenvalue weighted by Gasteiger charge is 2.25. The van der Waals surface area contributed by atoms with Crippen LogP contribution in [0.4, 0.5) is 5.69 Å². The highest BCUT2D eigenvalue weighted by Crippen LogP contribution is 2.29. The van der Waals surface area contributed by atoms with Crippen molar-refractivity contribution in [3.05, 3.63) is 36.4 Å². The minimum atomic E-state index is -3.49. The monoisotopic (exact) mass is 306 g/mol. The minimum absolute atomic E-state index is 0.342. The molecule has 0 saturated heterocycles. The van der Waals surface area contributed by atoms with E-state index in [-0.39, 0.29) is 0 Å². The Balaban J connectivity index is 2.61. The van der Waals surface area contributed by atoms with Crippen LogP contribution >= 0.6 is 0 Å². The molecule has 4 nitrogen and oxygen atoms in total. The SMILES string of the molecule is CCCN(CCC)S(=O)(=O)c1cccc2c(N)cccc12. The minimum Gasteiger partial charge on any atom is -0.398 e. The van der Waals surface area contributed by atoms with Gasteiger partial charge in [-0.25, -0.2) is 8.42 Å². The van der Waals surface area contributed by atoms with Crippen molar-refractivity contribution < 1.29 is 8.42 Å². The van der Waals surface area contributed by atoms with Crippen LogP contribution in [0.2, 0.25) is 0 Å². The number of nitrogen functional groups attached to an aromatic ring is 1. The van der Waals surface area contributed by atoms with E-state index in [0.717, 1.165) is 18.2 Å². The second-order valence-electron chi connectivity index (χ2n) is 5.10. The summed E-state index contributed by atoms with van der Waals surface area (Å²) in [7, 11) is -3.49. The number of sulfonamides is 1. The van der Waals surface area contributed by atoms with Crippen LogP contribution in [0.3, 0.4) is 0 Å². The number of hydrogen-bond acceptors (Lipinski definition) is 3. The Morgan fingerprint density at radius 1 is 0.952 bits per heavy atom. The lowest BCUT2D eigenvalue weighted by atomic mass is 10.1. The average Bonchev–Trinajstić information content (AvgIpc) is 2.47. The van der Waals surface area contributed by atoms with Crippen LogP contribution in [0, 0.1) is 0 Å². The molecule has 21 heavy (non-hydrogen) atoms. The molecule has 2 aromatic rings. The molecular formula is C16H22N2O2S. The Hall–Kier alpha value is -1.59. The first-order chi connectivity index (χ1) is 10.0. The van der Waals surface area contributed by atoms with E-state index in [1.54, 1.807) is 28.6 Å². The van der Waals surface area contributed by atoms with Gasteiger partial charge in [-0.3, -0.25) is 0 Å².